The first kappa shape index (κ1) is 12.5. The Morgan fingerprint density at radius 2 is 2.21 bits per heavy atom. The molecule has 2 heterocycles. The summed E-state index contributed by atoms with van der Waals surface area (Å²) >= 11 is 0. The minimum absolute atomic E-state index is 0.657. The van der Waals surface area contributed by atoms with Gasteiger partial charge >= 0.3 is 0 Å². The van der Waals surface area contributed by atoms with Crippen LogP contribution in [0, 0.1) is 6.92 Å². The van der Waals surface area contributed by atoms with Crippen molar-refractivity contribution in [1.29, 1.82) is 0 Å². The van der Waals surface area contributed by atoms with E-state index in [2.05, 4.69) is 47.4 Å². The topological polar surface area (TPSA) is 31.1 Å². The molecule has 0 saturated carbocycles. The average Bonchev–Trinajstić information content (AvgIpc) is 2.76. The zero-order valence-corrected chi connectivity index (χ0v) is 12.1. The highest BCUT2D eigenvalue weighted by Crippen LogP contribution is 2.33. The molecule has 1 aliphatic heterocycles. The Labute approximate surface area is 115 Å². The zero-order chi connectivity index (χ0) is 13.4. The van der Waals surface area contributed by atoms with Crippen LogP contribution in [0.15, 0.2) is 18.2 Å². The molecule has 3 nitrogen and oxygen atoms in total. The summed E-state index contributed by atoms with van der Waals surface area (Å²) in [6, 6.07) is 6.57. The summed E-state index contributed by atoms with van der Waals surface area (Å²) < 4.78 is 0. The van der Waals surface area contributed by atoms with Crippen LogP contribution in [-0.2, 0) is 0 Å². The number of benzene rings is 1. The molecule has 1 fully saturated rings. The number of hydrogen-bond donors (Lipinski definition) is 2. The van der Waals surface area contributed by atoms with Crippen LogP contribution in [0.5, 0.6) is 0 Å². The second kappa shape index (κ2) is 4.89. The van der Waals surface area contributed by atoms with Gasteiger partial charge in [-0.05, 0) is 57.1 Å². The molecule has 1 atom stereocenters. The first-order valence-corrected chi connectivity index (χ1v) is 7.17. The number of fused-ring (bicyclic) bond motifs is 1. The molecule has 0 radical (unpaired) electrons. The van der Waals surface area contributed by atoms with Gasteiger partial charge in [0.05, 0.1) is 0 Å². The summed E-state index contributed by atoms with van der Waals surface area (Å²) in [6.45, 7) is 4.66. The van der Waals surface area contributed by atoms with Gasteiger partial charge in [-0.1, -0.05) is 0 Å². The summed E-state index contributed by atoms with van der Waals surface area (Å²) in [5, 5.41) is 4.58. The van der Waals surface area contributed by atoms with Crippen LogP contribution in [-0.4, -0.2) is 37.1 Å². The van der Waals surface area contributed by atoms with E-state index in [9.17, 15) is 0 Å². The number of aromatic nitrogens is 1. The van der Waals surface area contributed by atoms with Gasteiger partial charge in [0, 0.05) is 41.8 Å². The molecule has 0 amide bonds. The van der Waals surface area contributed by atoms with E-state index in [1.165, 1.54) is 53.8 Å². The molecule has 1 saturated heterocycles. The Hall–Kier alpha value is -1.48. The fourth-order valence-corrected chi connectivity index (χ4v) is 3.31. The summed E-state index contributed by atoms with van der Waals surface area (Å²) in [5.74, 6) is 0.657. The standard InChI is InChI=1S/C16H23N3/c1-11-14-9-13(17-2)6-7-15(14)18-16(11)12-5-4-8-19(3)10-12/h6-7,9,12,17-18H,4-5,8,10H2,1-3H3. The van der Waals surface area contributed by atoms with Gasteiger partial charge in [-0.25, -0.2) is 0 Å². The predicted octanol–water partition coefficient (Wildman–Crippen LogP) is 3.33. The molecule has 1 unspecified atom stereocenters. The highest BCUT2D eigenvalue weighted by atomic mass is 15.1. The fraction of sp³-hybridized carbons (Fsp3) is 0.500. The minimum Gasteiger partial charge on any atom is -0.388 e. The van der Waals surface area contributed by atoms with Crippen molar-refractivity contribution in [1.82, 2.24) is 9.88 Å². The van der Waals surface area contributed by atoms with Gasteiger partial charge in [-0.15, -0.1) is 0 Å². The number of piperidine rings is 1. The Morgan fingerprint density at radius 3 is 2.95 bits per heavy atom. The Bertz CT molecular complexity index is 585. The molecule has 0 aliphatic carbocycles. The van der Waals surface area contributed by atoms with Crippen LogP contribution in [0.2, 0.25) is 0 Å². The average molecular weight is 257 g/mol. The lowest BCUT2D eigenvalue weighted by Gasteiger charge is -2.29. The van der Waals surface area contributed by atoms with Crippen molar-refractivity contribution in [3.63, 3.8) is 0 Å². The number of rotatable bonds is 2. The van der Waals surface area contributed by atoms with Crippen molar-refractivity contribution < 1.29 is 0 Å². The number of likely N-dealkylation sites (N-methyl/N-ethyl adjacent to an activating group) is 1. The van der Waals surface area contributed by atoms with E-state index in [0.717, 1.165) is 0 Å². The molecule has 3 heteroatoms. The van der Waals surface area contributed by atoms with E-state index in [-0.39, 0.29) is 0 Å². The van der Waals surface area contributed by atoms with E-state index in [4.69, 9.17) is 0 Å². The fourth-order valence-electron chi connectivity index (χ4n) is 3.31. The number of nitrogens with zero attached hydrogens (tertiary/aromatic N) is 1. The van der Waals surface area contributed by atoms with Crippen molar-refractivity contribution in [2.45, 2.75) is 25.7 Å². The summed E-state index contributed by atoms with van der Waals surface area (Å²) in [6.07, 6.45) is 2.61. The van der Waals surface area contributed by atoms with Crippen LogP contribution < -0.4 is 5.32 Å². The first-order chi connectivity index (χ1) is 9.19. The van der Waals surface area contributed by atoms with Crippen LogP contribution in [0.25, 0.3) is 10.9 Å². The molecule has 2 aromatic rings. The quantitative estimate of drug-likeness (QED) is 0.864. The first-order valence-electron chi connectivity index (χ1n) is 7.17. The molecule has 3 rings (SSSR count). The summed E-state index contributed by atoms with van der Waals surface area (Å²) in [5.41, 5.74) is 5.31. The maximum atomic E-state index is 3.65. The third kappa shape index (κ3) is 2.23. The van der Waals surface area contributed by atoms with E-state index < -0.39 is 0 Å². The van der Waals surface area contributed by atoms with Gasteiger partial charge in [-0.3, -0.25) is 0 Å². The Balaban J connectivity index is 2.02. The third-order valence-corrected chi connectivity index (χ3v) is 4.42. The lowest BCUT2D eigenvalue weighted by molar-refractivity contribution is 0.248. The molecular formula is C16H23N3. The Morgan fingerprint density at radius 1 is 1.37 bits per heavy atom. The molecule has 19 heavy (non-hydrogen) atoms. The maximum Gasteiger partial charge on any atom is 0.0460 e. The van der Waals surface area contributed by atoms with E-state index in [1.54, 1.807) is 0 Å². The van der Waals surface area contributed by atoms with E-state index in [0.29, 0.717) is 5.92 Å². The van der Waals surface area contributed by atoms with Crippen molar-refractivity contribution in [2.75, 3.05) is 32.5 Å². The van der Waals surface area contributed by atoms with Gasteiger partial charge in [0.2, 0.25) is 0 Å². The van der Waals surface area contributed by atoms with E-state index in [1.807, 2.05) is 7.05 Å². The minimum atomic E-state index is 0.657. The highest BCUT2D eigenvalue weighted by molar-refractivity contribution is 5.87. The van der Waals surface area contributed by atoms with Crippen molar-refractivity contribution in [3.8, 4) is 0 Å². The second-order valence-electron chi connectivity index (χ2n) is 5.78. The number of aryl methyl sites for hydroxylation is 1. The van der Waals surface area contributed by atoms with Crippen molar-refractivity contribution >= 4 is 16.6 Å². The van der Waals surface area contributed by atoms with Crippen LogP contribution in [0.1, 0.15) is 30.0 Å². The molecule has 0 spiro atoms. The SMILES string of the molecule is CNc1ccc2[nH]c(C3CCCN(C)C3)c(C)c2c1. The Kier molecular flexibility index (Phi) is 3.23. The van der Waals surface area contributed by atoms with Crippen LogP contribution >= 0.6 is 0 Å². The van der Waals surface area contributed by atoms with Gasteiger partial charge in [0.1, 0.15) is 0 Å². The monoisotopic (exact) mass is 257 g/mol. The number of H-pyrrole nitrogens is 1. The molecule has 2 N–H and O–H groups in total. The normalized spacial score (nSPS) is 20.9. The molecule has 0 bridgehead atoms. The van der Waals surface area contributed by atoms with Crippen molar-refractivity contribution in [3.05, 3.63) is 29.5 Å². The highest BCUT2D eigenvalue weighted by Gasteiger charge is 2.22. The largest absolute Gasteiger partial charge is 0.388 e. The lowest BCUT2D eigenvalue weighted by atomic mass is 9.92. The zero-order valence-electron chi connectivity index (χ0n) is 12.1. The van der Waals surface area contributed by atoms with Gasteiger partial charge in [-0.2, -0.15) is 0 Å². The van der Waals surface area contributed by atoms with Gasteiger partial charge in [0.25, 0.3) is 0 Å². The molecule has 1 aliphatic rings. The number of nitrogens with one attached hydrogen (secondary N) is 2. The van der Waals surface area contributed by atoms with Gasteiger partial charge in [0.15, 0.2) is 0 Å². The summed E-state index contributed by atoms with van der Waals surface area (Å²) in [4.78, 5) is 6.09. The summed E-state index contributed by atoms with van der Waals surface area (Å²) in [7, 11) is 4.20. The molecule has 1 aromatic carbocycles. The number of anilines is 1. The van der Waals surface area contributed by atoms with Crippen LogP contribution in [0.3, 0.4) is 0 Å². The maximum absolute atomic E-state index is 3.65. The molecular weight excluding hydrogens is 234 g/mol. The third-order valence-electron chi connectivity index (χ3n) is 4.42. The van der Waals surface area contributed by atoms with E-state index >= 15 is 0 Å². The molecule has 102 valence electrons. The van der Waals surface area contributed by atoms with Crippen LogP contribution in [0.4, 0.5) is 5.69 Å². The number of likely N-dealkylation sites (tertiary alicyclic amines) is 1. The predicted molar refractivity (Wildman–Crippen MR) is 82.1 cm³/mol. The van der Waals surface area contributed by atoms with Crippen molar-refractivity contribution in [2.24, 2.45) is 0 Å². The smallest absolute Gasteiger partial charge is 0.0460 e. The second-order valence-corrected chi connectivity index (χ2v) is 5.78. The number of hydrogen-bond acceptors (Lipinski definition) is 2. The molecule has 1 aromatic heterocycles. The number of aromatic amines is 1. The van der Waals surface area contributed by atoms with Gasteiger partial charge < -0.3 is 15.2 Å². The lowest BCUT2D eigenvalue weighted by Crippen LogP contribution is -2.31.